The highest BCUT2D eigenvalue weighted by Crippen LogP contribution is 2.11. The number of para-hydroxylation sites is 1. The number of nitrogens with zero attached hydrogens (tertiary/aromatic N) is 2. The van der Waals surface area contributed by atoms with Crippen molar-refractivity contribution < 1.29 is 9.53 Å². The lowest BCUT2D eigenvalue weighted by molar-refractivity contribution is 0.0261. The third-order valence-corrected chi connectivity index (χ3v) is 2.93. The van der Waals surface area contributed by atoms with Crippen LogP contribution in [0.2, 0.25) is 0 Å². The van der Waals surface area contributed by atoms with Crippen LogP contribution in [0.4, 0.5) is 0 Å². The number of aromatic nitrogens is 2. The topological polar surface area (TPSA) is 64.1 Å². The molecule has 3 rings (SSSR count). The fourth-order valence-corrected chi connectivity index (χ4v) is 1.97. The number of hydrogen-bond acceptors (Lipinski definition) is 5. The van der Waals surface area contributed by atoms with Gasteiger partial charge in [-0.25, -0.2) is 9.97 Å². The van der Waals surface area contributed by atoms with Gasteiger partial charge in [-0.1, -0.05) is 18.2 Å². The van der Waals surface area contributed by atoms with Gasteiger partial charge in [0.15, 0.2) is 5.82 Å². The van der Waals surface area contributed by atoms with Gasteiger partial charge in [0.05, 0.1) is 12.1 Å². The minimum atomic E-state index is -0.472. The molecule has 1 atom stereocenters. The Hall–Kier alpha value is -1.85. The van der Waals surface area contributed by atoms with Crippen molar-refractivity contribution in [3.8, 4) is 0 Å². The molecule has 0 amide bonds. The minimum Gasteiger partial charge on any atom is -0.367 e. The second-order valence-corrected chi connectivity index (χ2v) is 4.18. The van der Waals surface area contributed by atoms with Crippen molar-refractivity contribution in [1.29, 1.82) is 0 Å². The molecular weight excluding hydrogens is 230 g/mol. The summed E-state index contributed by atoms with van der Waals surface area (Å²) in [6.45, 7) is 1.85. The van der Waals surface area contributed by atoms with Crippen molar-refractivity contribution in [2.75, 3.05) is 19.7 Å². The number of ketones is 1. The van der Waals surface area contributed by atoms with Crippen molar-refractivity contribution in [1.82, 2.24) is 15.3 Å². The summed E-state index contributed by atoms with van der Waals surface area (Å²) in [6.07, 6.45) is 1.20. The summed E-state index contributed by atoms with van der Waals surface area (Å²) in [5.74, 6) is 0.0651. The van der Waals surface area contributed by atoms with Gasteiger partial charge in [0.1, 0.15) is 6.10 Å². The van der Waals surface area contributed by atoms with E-state index in [1.807, 2.05) is 24.3 Å². The molecule has 0 spiro atoms. The Labute approximate surface area is 104 Å². The predicted molar refractivity (Wildman–Crippen MR) is 66.5 cm³/mol. The Morgan fingerprint density at radius 1 is 1.39 bits per heavy atom. The van der Waals surface area contributed by atoms with Crippen molar-refractivity contribution in [2.24, 2.45) is 0 Å². The van der Waals surface area contributed by atoms with Gasteiger partial charge in [-0.3, -0.25) is 4.79 Å². The first kappa shape index (κ1) is 11.3. The Bertz CT molecular complexity index is 579. The summed E-state index contributed by atoms with van der Waals surface area (Å²) in [7, 11) is 0. The maximum absolute atomic E-state index is 12.2. The molecule has 0 bridgehead atoms. The first-order chi connectivity index (χ1) is 8.84. The van der Waals surface area contributed by atoms with Crippen molar-refractivity contribution in [3.05, 3.63) is 36.3 Å². The van der Waals surface area contributed by atoms with Crippen LogP contribution in [0.5, 0.6) is 0 Å². The van der Waals surface area contributed by atoms with Crippen LogP contribution < -0.4 is 5.32 Å². The van der Waals surface area contributed by atoms with Gasteiger partial charge in [0.25, 0.3) is 0 Å². The Balaban J connectivity index is 1.91. The van der Waals surface area contributed by atoms with E-state index in [1.54, 1.807) is 6.20 Å². The summed E-state index contributed by atoms with van der Waals surface area (Å²) < 4.78 is 5.41. The summed E-state index contributed by atoms with van der Waals surface area (Å²) in [4.78, 5) is 20.5. The van der Waals surface area contributed by atoms with Gasteiger partial charge >= 0.3 is 0 Å². The number of rotatable bonds is 2. The van der Waals surface area contributed by atoms with Crippen molar-refractivity contribution in [2.45, 2.75) is 6.10 Å². The van der Waals surface area contributed by atoms with Crippen LogP contribution in [0.25, 0.3) is 10.9 Å². The first-order valence-electron chi connectivity index (χ1n) is 5.93. The first-order valence-corrected chi connectivity index (χ1v) is 5.93. The highest BCUT2D eigenvalue weighted by atomic mass is 16.5. The molecule has 1 unspecified atom stereocenters. The Kier molecular flexibility index (Phi) is 3.00. The van der Waals surface area contributed by atoms with E-state index in [9.17, 15) is 4.79 Å². The fourth-order valence-electron chi connectivity index (χ4n) is 1.97. The molecule has 5 heteroatoms. The smallest absolute Gasteiger partial charge is 0.229 e. The van der Waals surface area contributed by atoms with Crippen molar-refractivity contribution >= 4 is 16.7 Å². The van der Waals surface area contributed by atoms with Crippen LogP contribution in [0.1, 0.15) is 10.6 Å². The number of morpholine rings is 1. The van der Waals surface area contributed by atoms with Crippen LogP contribution in [0, 0.1) is 0 Å². The standard InChI is InChI=1S/C13H13N3O2/c17-12(11-8-14-5-6-18-11)13-15-7-9-3-1-2-4-10(9)16-13/h1-4,7,11,14H,5-6,8H2. The number of hydrogen-bond donors (Lipinski definition) is 1. The molecule has 1 aromatic carbocycles. The molecule has 1 N–H and O–H groups in total. The monoisotopic (exact) mass is 243 g/mol. The summed E-state index contributed by atoms with van der Waals surface area (Å²) >= 11 is 0. The largest absolute Gasteiger partial charge is 0.367 e. The summed E-state index contributed by atoms with van der Waals surface area (Å²) in [5.41, 5.74) is 0.777. The van der Waals surface area contributed by atoms with Gasteiger partial charge in [-0.05, 0) is 6.07 Å². The lowest BCUT2D eigenvalue weighted by atomic mass is 10.2. The molecule has 0 saturated carbocycles. The van der Waals surface area contributed by atoms with E-state index in [0.29, 0.717) is 13.2 Å². The second kappa shape index (κ2) is 4.80. The van der Waals surface area contributed by atoms with E-state index < -0.39 is 6.10 Å². The fraction of sp³-hybridized carbons (Fsp3) is 0.308. The average molecular weight is 243 g/mol. The number of fused-ring (bicyclic) bond motifs is 1. The molecule has 92 valence electrons. The van der Waals surface area contributed by atoms with Gasteiger partial charge in [0, 0.05) is 24.7 Å². The van der Waals surface area contributed by atoms with E-state index in [4.69, 9.17) is 4.74 Å². The van der Waals surface area contributed by atoms with Gasteiger partial charge < -0.3 is 10.1 Å². The predicted octanol–water partition coefficient (Wildman–Crippen LogP) is 0.801. The van der Waals surface area contributed by atoms with E-state index >= 15 is 0 Å². The normalized spacial score (nSPS) is 19.9. The molecule has 1 saturated heterocycles. The molecule has 0 aliphatic carbocycles. The number of carbonyl (C=O) groups excluding carboxylic acids is 1. The number of carbonyl (C=O) groups is 1. The lowest BCUT2D eigenvalue weighted by Crippen LogP contribution is -2.43. The van der Waals surface area contributed by atoms with Crippen LogP contribution >= 0.6 is 0 Å². The van der Waals surface area contributed by atoms with Gasteiger partial charge in [0.2, 0.25) is 5.78 Å². The molecule has 2 heterocycles. The molecule has 1 aliphatic rings. The van der Waals surface area contributed by atoms with Crippen LogP contribution in [-0.2, 0) is 4.74 Å². The second-order valence-electron chi connectivity index (χ2n) is 4.18. The summed E-state index contributed by atoms with van der Waals surface area (Å²) in [5, 5.41) is 4.05. The highest BCUT2D eigenvalue weighted by molar-refractivity contribution is 5.97. The molecule has 1 aliphatic heterocycles. The van der Waals surface area contributed by atoms with E-state index in [1.165, 1.54) is 0 Å². The maximum Gasteiger partial charge on any atom is 0.229 e. The molecule has 5 nitrogen and oxygen atoms in total. The minimum absolute atomic E-state index is 0.159. The van der Waals surface area contributed by atoms with E-state index in [2.05, 4.69) is 15.3 Å². The molecule has 18 heavy (non-hydrogen) atoms. The van der Waals surface area contributed by atoms with Crippen LogP contribution in [-0.4, -0.2) is 41.6 Å². The average Bonchev–Trinajstić information content (AvgIpc) is 2.47. The SMILES string of the molecule is O=C(c1ncc2ccccc2n1)C1CNCCO1. The quantitative estimate of drug-likeness (QED) is 0.790. The summed E-state index contributed by atoms with van der Waals surface area (Å²) in [6, 6.07) is 7.60. The number of ether oxygens (including phenoxy) is 1. The van der Waals surface area contributed by atoms with Crippen LogP contribution in [0.3, 0.4) is 0 Å². The zero-order valence-corrected chi connectivity index (χ0v) is 9.80. The Morgan fingerprint density at radius 2 is 2.28 bits per heavy atom. The van der Waals surface area contributed by atoms with Crippen LogP contribution in [0.15, 0.2) is 30.5 Å². The van der Waals surface area contributed by atoms with Gasteiger partial charge in [-0.15, -0.1) is 0 Å². The molecule has 0 radical (unpaired) electrons. The third kappa shape index (κ3) is 2.10. The van der Waals surface area contributed by atoms with Gasteiger partial charge in [-0.2, -0.15) is 0 Å². The number of benzene rings is 1. The number of Topliss-reactive ketones (excluding diaryl/α,β-unsaturated/α-hetero) is 1. The molecule has 1 fully saturated rings. The molecule has 2 aromatic rings. The third-order valence-electron chi connectivity index (χ3n) is 2.93. The number of nitrogens with one attached hydrogen (secondary N) is 1. The molecular formula is C13H13N3O2. The van der Waals surface area contributed by atoms with E-state index in [0.717, 1.165) is 17.4 Å². The van der Waals surface area contributed by atoms with E-state index in [-0.39, 0.29) is 11.6 Å². The Morgan fingerprint density at radius 3 is 3.11 bits per heavy atom. The highest BCUT2D eigenvalue weighted by Gasteiger charge is 2.25. The maximum atomic E-state index is 12.2. The zero-order valence-electron chi connectivity index (χ0n) is 9.80. The lowest BCUT2D eigenvalue weighted by Gasteiger charge is -2.21. The van der Waals surface area contributed by atoms with Crippen molar-refractivity contribution in [3.63, 3.8) is 0 Å². The zero-order chi connectivity index (χ0) is 12.4. The molecule has 1 aromatic heterocycles.